The van der Waals surface area contributed by atoms with E-state index in [-0.39, 0.29) is 24.1 Å². The first-order chi connectivity index (χ1) is 15.0. The fourth-order valence-electron chi connectivity index (χ4n) is 6.05. The SMILES string of the molecule is CC(C)CCC1(O)CC2CCC(C1)N2C(=O)OCC1c2ccccc2-c2ccccc21. The third kappa shape index (κ3) is 3.76. The second-order valence-electron chi connectivity index (χ2n) is 10.2. The zero-order valence-electron chi connectivity index (χ0n) is 18.6. The number of nitrogens with zero attached hydrogens (tertiary/aromatic N) is 1. The Morgan fingerprint density at radius 3 is 2.13 bits per heavy atom. The van der Waals surface area contributed by atoms with Gasteiger partial charge in [-0.25, -0.2) is 4.79 Å². The molecule has 2 unspecified atom stereocenters. The highest BCUT2D eigenvalue weighted by Crippen LogP contribution is 2.46. The molecule has 4 heteroatoms. The maximum Gasteiger partial charge on any atom is 0.410 e. The Hall–Kier alpha value is -2.33. The molecule has 5 rings (SSSR count). The van der Waals surface area contributed by atoms with E-state index in [4.69, 9.17) is 4.74 Å². The van der Waals surface area contributed by atoms with Gasteiger partial charge in [0.2, 0.25) is 0 Å². The first kappa shape index (κ1) is 20.6. The Morgan fingerprint density at radius 2 is 1.58 bits per heavy atom. The lowest BCUT2D eigenvalue weighted by molar-refractivity contribution is -0.0561. The van der Waals surface area contributed by atoms with E-state index in [9.17, 15) is 9.90 Å². The molecule has 1 aliphatic carbocycles. The Bertz CT molecular complexity index is 909. The van der Waals surface area contributed by atoms with Crippen LogP contribution in [-0.4, -0.2) is 40.4 Å². The molecule has 1 N–H and O–H groups in total. The van der Waals surface area contributed by atoms with Gasteiger partial charge in [-0.2, -0.15) is 0 Å². The summed E-state index contributed by atoms with van der Waals surface area (Å²) < 4.78 is 5.93. The van der Waals surface area contributed by atoms with E-state index in [0.717, 1.165) is 25.7 Å². The lowest BCUT2D eigenvalue weighted by Crippen LogP contribution is -2.53. The van der Waals surface area contributed by atoms with Gasteiger partial charge in [0.25, 0.3) is 0 Å². The van der Waals surface area contributed by atoms with Crippen LogP contribution in [0.25, 0.3) is 11.1 Å². The fraction of sp³-hybridized carbons (Fsp3) is 0.519. The van der Waals surface area contributed by atoms with Crippen LogP contribution in [0.5, 0.6) is 0 Å². The van der Waals surface area contributed by atoms with Gasteiger partial charge in [0.1, 0.15) is 6.61 Å². The minimum absolute atomic E-state index is 0.0850. The fourth-order valence-corrected chi connectivity index (χ4v) is 6.05. The largest absolute Gasteiger partial charge is 0.448 e. The van der Waals surface area contributed by atoms with Gasteiger partial charge in [-0.05, 0) is 66.7 Å². The van der Waals surface area contributed by atoms with Crippen molar-refractivity contribution < 1.29 is 14.6 Å². The van der Waals surface area contributed by atoms with Crippen LogP contribution in [0.2, 0.25) is 0 Å². The van der Waals surface area contributed by atoms with Gasteiger partial charge >= 0.3 is 6.09 Å². The van der Waals surface area contributed by atoms with Crippen molar-refractivity contribution >= 4 is 6.09 Å². The first-order valence-electron chi connectivity index (χ1n) is 11.8. The summed E-state index contributed by atoms with van der Waals surface area (Å²) in [5.41, 5.74) is 4.33. The van der Waals surface area contributed by atoms with Crippen molar-refractivity contribution in [2.45, 2.75) is 76.0 Å². The van der Waals surface area contributed by atoms with E-state index in [0.29, 0.717) is 25.4 Å². The number of hydrogen-bond donors (Lipinski definition) is 1. The number of piperidine rings is 1. The summed E-state index contributed by atoms with van der Waals surface area (Å²) in [6, 6.07) is 17.0. The number of carbonyl (C=O) groups excluding carboxylic acids is 1. The molecule has 2 aromatic carbocycles. The number of fused-ring (bicyclic) bond motifs is 5. The number of aliphatic hydroxyl groups is 1. The monoisotopic (exact) mass is 419 g/mol. The smallest absolute Gasteiger partial charge is 0.410 e. The highest BCUT2D eigenvalue weighted by molar-refractivity contribution is 5.79. The van der Waals surface area contributed by atoms with E-state index in [1.54, 1.807) is 0 Å². The van der Waals surface area contributed by atoms with Crippen LogP contribution in [-0.2, 0) is 4.74 Å². The van der Waals surface area contributed by atoms with Gasteiger partial charge in [-0.3, -0.25) is 0 Å². The maximum atomic E-state index is 13.1. The van der Waals surface area contributed by atoms with Crippen molar-refractivity contribution in [2.24, 2.45) is 5.92 Å². The van der Waals surface area contributed by atoms with Crippen LogP contribution in [0.3, 0.4) is 0 Å². The Morgan fingerprint density at radius 1 is 1.03 bits per heavy atom. The number of rotatable bonds is 5. The summed E-state index contributed by atoms with van der Waals surface area (Å²) in [7, 11) is 0. The second kappa shape index (κ2) is 7.98. The number of amides is 1. The van der Waals surface area contributed by atoms with E-state index >= 15 is 0 Å². The predicted molar refractivity (Wildman–Crippen MR) is 122 cm³/mol. The summed E-state index contributed by atoms with van der Waals surface area (Å²) >= 11 is 0. The molecule has 2 aliphatic heterocycles. The van der Waals surface area contributed by atoms with Gasteiger partial charge in [0.05, 0.1) is 5.60 Å². The number of carbonyl (C=O) groups is 1. The molecular formula is C27H33NO3. The van der Waals surface area contributed by atoms with Crippen molar-refractivity contribution in [1.29, 1.82) is 0 Å². The molecule has 4 nitrogen and oxygen atoms in total. The summed E-state index contributed by atoms with van der Waals surface area (Å²) in [5, 5.41) is 11.1. The number of hydrogen-bond acceptors (Lipinski definition) is 3. The summed E-state index contributed by atoms with van der Waals surface area (Å²) in [4.78, 5) is 15.1. The van der Waals surface area contributed by atoms with Crippen LogP contribution in [0.15, 0.2) is 48.5 Å². The zero-order chi connectivity index (χ0) is 21.6. The summed E-state index contributed by atoms with van der Waals surface area (Å²) in [6.45, 7) is 4.76. The molecule has 164 valence electrons. The molecule has 2 heterocycles. The van der Waals surface area contributed by atoms with E-state index < -0.39 is 5.60 Å². The molecule has 2 fully saturated rings. The molecule has 2 aromatic rings. The van der Waals surface area contributed by atoms with Crippen LogP contribution in [0.1, 0.15) is 69.4 Å². The van der Waals surface area contributed by atoms with Crippen molar-refractivity contribution in [3.63, 3.8) is 0 Å². The van der Waals surface area contributed by atoms with Crippen LogP contribution < -0.4 is 0 Å². The van der Waals surface area contributed by atoms with E-state index in [1.165, 1.54) is 22.3 Å². The van der Waals surface area contributed by atoms with Crippen LogP contribution in [0, 0.1) is 5.92 Å². The molecule has 31 heavy (non-hydrogen) atoms. The topological polar surface area (TPSA) is 49.8 Å². The number of benzene rings is 2. The van der Waals surface area contributed by atoms with Gasteiger partial charge in [-0.15, -0.1) is 0 Å². The molecule has 1 amide bonds. The molecule has 3 aliphatic rings. The van der Waals surface area contributed by atoms with Crippen molar-refractivity contribution in [3.8, 4) is 11.1 Å². The van der Waals surface area contributed by atoms with Crippen LogP contribution in [0.4, 0.5) is 4.79 Å². The van der Waals surface area contributed by atoms with Crippen molar-refractivity contribution in [2.75, 3.05) is 6.61 Å². The molecule has 0 aromatic heterocycles. The zero-order valence-corrected chi connectivity index (χ0v) is 18.6. The molecular weight excluding hydrogens is 386 g/mol. The predicted octanol–water partition coefficient (Wildman–Crippen LogP) is 5.73. The molecule has 0 radical (unpaired) electrons. The maximum absolute atomic E-state index is 13.1. The quantitative estimate of drug-likeness (QED) is 0.673. The van der Waals surface area contributed by atoms with E-state index in [1.807, 2.05) is 4.90 Å². The van der Waals surface area contributed by atoms with Gasteiger partial charge < -0.3 is 14.7 Å². The normalized spacial score (nSPS) is 26.8. The molecule has 0 spiro atoms. The van der Waals surface area contributed by atoms with Gasteiger partial charge in [-0.1, -0.05) is 62.4 Å². The Balaban J connectivity index is 1.27. The second-order valence-corrected chi connectivity index (χ2v) is 10.2. The molecule has 0 saturated carbocycles. The highest BCUT2D eigenvalue weighted by atomic mass is 16.6. The minimum Gasteiger partial charge on any atom is -0.448 e. The van der Waals surface area contributed by atoms with Crippen molar-refractivity contribution in [1.82, 2.24) is 4.90 Å². The van der Waals surface area contributed by atoms with Gasteiger partial charge in [0, 0.05) is 18.0 Å². The standard InChI is InChI=1S/C27H33NO3/c1-18(2)13-14-27(30)15-19-11-12-20(16-27)28(19)26(29)31-17-25-23-9-5-3-7-21(23)22-8-4-6-10-24(22)25/h3-10,18-20,25,30H,11-17H2,1-2H3. The van der Waals surface area contributed by atoms with Gasteiger partial charge in [0.15, 0.2) is 0 Å². The first-order valence-corrected chi connectivity index (χ1v) is 11.8. The molecule has 2 atom stereocenters. The lowest BCUT2D eigenvalue weighted by atomic mass is 9.81. The lowest BCUT2D eigenvalue weighted by Gasteiger charge is -2.43. The third-order valence-corrected chi connectivity index (χ3v) is 7.58. The summed E-state index contributed by atoms with van der Waals surface area (Å²) in [5.74, 6) is 0.670. The van der Waals surface area contributed by atoms with Crippen LogP contribution >= 0.6 is 0 Å². The van der Waals surface area contributed by atoms with Crippen molar-refractivity contribution in [3.05, 3.63) is 59.7 Å². The Kier molecular flexibility index (Phi) is 5.29. The molecule has 2 saturated heterocycles. The van der Waals surface area contributed by atoms with E-state index in [2.05, 4.69) is 62.4 Å². The average molecular weight is 420 g/mol. The third-order valence-electron chi connectivity index (χ3n) is 7.58. The highest BCUT2D eigenvalue weighted by Gasteiger charge is 2.49. The number of ether oxygens (including phenoxy) is 1. The Labute approximate surface area is 185 Å². The minimum atomic E-state index is -0.629. The molecule has 2 bridgehead atoms. The summed E-state index contributed by atoms with van der Waals surface area (Å²) in [6.07, 6.45) is 4.95. The average Bonchev–Trinajstić information content (AvgIpc) is 3.23.